The molecule has 1 N–H and O–H groups in total. The molecular formula is C26H25FN3O2S+. The summed E-state index contributed by atoms with van der Waals surface area (Å²) < 4.78 is 40.6. The smallest absolute Gasteiger partial charge is 0.214 e. The monoisotopic (exact) mass is 462 g/mol. The molecule has 0 atom stereocenters. The van der Waals surface area contributed by atoms with Gasteiger partial charge in [0, 0.05) is 37.9 Å². The van der Waals surface area contributed by atoms with Gasteiger partial charge in [0.1, 0.15) is 5.82 Å². The lowest BCUT2D eigenvalue weighted by Crippen LogP contribution is -2.47. The van der Waals surface area contributed by atoms with Crippen molar-refractivity contribution in [3.8, 4) is 0 Å². The SMILES string of the molecule is Cc1ccc2[nH+]cc(S(=O)(=O)c3ccccc3)c(N3CCN(c4ccc(F)cc4)CC3)c2c1. The zero-order chi connectivity index (χ0) is 23.0. The van der Waals surface area contributed by atoms with Crippen molar-refractivity contribution in [1.82, 2.24) is 0 Å². The number of aromatic amines is 1. The molecule has 3 aromatic carbocycles. The highest BCUT2D eigenvalue weighted by atomic mass is 32.2. The summed E-state index contributed by atoms with van der Waals surface area (Å²) in [7, 11) is -3.72. The summed E-state index contributed by atoms with van der Waals surface area (Å²) in [5.41, 5.74) is 3.66. The van der Waals surface area contributed by atoms with E-state index in [0.717, 1.165) is 27.8 Å². The average Bonchev–Trinajstić information content (AvgIpc) is 2.84. The van der Waals surface area contributed by atoms with E-state index in [1.807, 2.05) is 31.2 Å². The number of benzene rings is 3. The van der Waals surface area contributed by atoms with Crippen LogP contribution in [0.2, 0.25) is 0 Å². The Morgan fingerprint density at radius 2 is 1.52 bits per heavy atom. The number of H-pyrrole nitrogens is 1. The molecule has 7 heteroatoms. The van der Waals surface area contributed by atoms with Crippen LogP contribution < -0.4 is 14.8 Å². The van der Waals surface area contributed by atoms with Crippen molar-refractivity contribution in [1.29, 1.82) is 0 Å². The van der Waals surface area contributed by atoms with Crippen LogP contribution in [0.15, 0.2) is 88.8 Å². The third kappa shape index (κ3) is 4.04. The Kier molecular flexibility index (Phi) is 5.50. The number of hydrogen-bond acceptors (Lipinski definition) is 4. The van der Waals surface area contributed by atoms with Gasteiger partial charge in [-0.05, 0) is 55.0 Å². The number of hydrogen-bond donors (Lipinski definition) is 0. The molecule has 0 bridgehead atoms. The maximum absolute atomic E-state index is 13.7. The summed E-state index contributed by atoms with van der Waals surface area (Å²) in [6.45, 7) is 4.74. The highest BCUT2D eigenvalue weighted by Gasteiger charge is 2.31. The number of nitrogens with zero attached hydrogens (tertiary/aromatic N) is 2. The zero-order valence-electron chi connectivity index (χ0n) is 18.3. The second-order valence-electron chi connectivity index (χ2n) is 8.32. The summed E-state index contributed by atoms with van der Waals surface area (Å²) >= 11 is 0. The molecule has 1 fully saturated rings. The van der Waals surface area contributed by atoms with Crippen molar-refractivity contribution in [2.75, 3.05) is 36.0 Å². The maximum Gasteiger partial charge on any atom is 0.214 e. The molecule has 5 nitrogen and oxygen atoms in total. The highest BCUT2D eigenvalue weighted by molar-refractivity contribution is 7.91. The Bertz CT molecular complexity index is 1400. The first-order valence-electron chi connectivity index (χ1n) is 10.9. The van der Waals surface area contributed by atoms with E-state index in [1.54, 1.807) is 42.6 Å². The summed E-state index contributed by atoms with van der Waals surface area (Å²) in [5.74, 6) is -0.254. The van der Waals surface area contributed by atoms with Crippen LogP contribution >= 0.6 is 0 Å². The number of fused-ring (bicyclic) bond motifs is 1. The molecule has 1 saturated heterocycles. The number of aromatic nitrogens is 1. The van der Waals surface area contributed by atoms with E-state index in [-0.39, 0.29) is 15.6 Å². The molecule has 5 rings (SSSR count). The molecule has 33 heavy (non-hydrogen) atoms. The first kappa shape index (κ1) is 21.4. The molecule has 1 aromatic heterocycles. The van der Waals surface area contributed by atoms with Gasteiger partial charge in [-0.25, -0.2) is 17.8 Å². The number of aryl methyl sites for hydroxylation is 1. The van der Waals surface area contributed by atoms with Gasteiger partial charge in [0.25, 0.3) is 0 Å². The van der Waals surface area contributed by atoms with E-state index in [2.05, 4.69) is 14.8 Å². The fourth-order valence-electron chi connectivity index (χ4n) is 4.42. The van der Waals surface area contributed by atoms with Gasteiger partial charge in [0.05, 0.1) is 16.0 Å². The summed E-state index contributed by atoms with van der Waals surface area (Å²) in [4.78, 5) is 8.10. The fourth-order valence-corrected chi connectivity index (χ4v) is 5.90. The summed E-state index contributed by atoms with van der Waals surface area (Å²) in [6, 6.07) is 21.1. The quantitative estimate of drug-likeness (QED) is 0.455. The molecule has 0 radical (unpaired) electrons. The topological polar surface area (TPSA) is 54.8 Å². The first-order chi connectivity index (χ1) is 15.9. The molecule has 168 valence electrons. The van der Waals surface area contributed by atoms with Gasteiger partial charge in [-0.2, -0.15) is 0 Å². The largest absolute Gasteiger partial charge is 0.368 e. The van der Waals surface area contributed by atoms with E-state index in [9.17, 15) is 12.8 Å². The van der Waals surface area contributed by atoms with Crippen molar-refractivity contribution in [2.24, 2.45) is 0 Å². The Labute approximate surface area is 193 Å². The van der Waals surface area contributed by atoms with Crippen molar-refractivity contribution in [3.63, 3.8) is 0 Å². The van der Waals surface area contributed by atoms with Gasteiger partial charge in [-0.3, -0.25) is 0 Å². The number of pyridine rings is 1. The van der Waals surface area contributed by atoms with Crippen LogP contribution in [-0.2, 0) is 9.84 Å². The molecule has 2 heterocycles. The van der Waals surface area contributed by atoms with Crippen molar-refractivity contribution >= 4 is 32.1 Å². The normalized spacial score (nSPS) is 14.6. The Hall–Kier alpha value is -3.45. The minimum atomic E-state index is -3.72. The van der Waals surface area contributed by atoms with Gasteiger partial charge in [0.15, 0.2) is 11.1 Å². The zero-order valence-corrected chi connectivity index (χ0v) is 19.1. The van der Waals surface area contributed by atoms with E-state index in [0.29, 0.717) is 26.2 Å². The fraction of sp³-hybridized carbons (Fsp3) is 0.192. The van der Waals surface area contributed by atoms with Crippen molar-refractivity contribution < 1.29 is 17.8 Å². The maximum atomic E-state index is 13.7. The molecule has 0 aliphatic carbocycles. The predicted molar refractivity (Wildman–Crippen MR) is 128 cm³/mol. The molecule has 0 amide bonds. The van der Waals surface area contributed by atoms with Crippen molar-refractivity contribution in [2.45, 2.75) is 16.7 Å². The van der Waals surface area contributed by atoms with E-state index >= 15 is 0 Å². The number of rotatable bonds is 4. The molecular weight excluding hydrogens is 437 g/mol. The number of nitrogens with one attached hydrogen (secondary N) is 1. The van der Waals surface area contributed by atoms with Gasteiger partial charge >= 0.3 is 0 Å². The van der Waals surface area contributed by atoms with Crippen LogP contribution in [0.3, 0.4) is 0 Å². The average molecular weight is 463 g/mol. The van der Waals surface area contributed by atoms with Crippen LogP contribution in [0.25, 0.3) is 10.9 Å². The number of halogens is 1. The van der Waals surface area contributed by atoms with Crippen LogP contribution in [0.5, 0.6) is 0 Å². The highest BCUT2D eigenvalue weighted by Crippen LogP contribution is 2.36. The van der Waals surface area contributed by atoms with E-state index < -0.39 is 9.84 Å². The van der Waals surface area contributed by atoms with Gasteiger partial charge in [-0.1, -0.05) is 24.3 Å². The number of sulfone groups is 1. The van der Waals surface area contributed by atoms with Crippen LogP contribution in [0.4, 0.5) is 15.8 Å². The first-order valence-corrected chi connectivity index (χ1v) is 12.4. The molecule has 0 unspecified atom stereocenters. The van der Waals surface area contributed by atoms with Gasteiger partial charge in [0.2, 0.25) is 15.4 Å². The standard InChI is InChI=1S/C26H24FN3O2S/c1-19-7-12-24-23(17-19)26(25(18-28-24)33(31,32)22-5-3-2-4-6-22)30-15-13-29(14-16-30)21-10-8-20(27)9-11-21/h2-12,17-18H,13-16H2,1H3/p+1. The lowest BCUT2D eigenvalue weighted by atomic mass is 10.1. The Balaban J connectivity index is 1.57. The third-order valence-corrected chi connectivity index (χ3v) is 7.94. The minimum Gasteiger partial charge on any atom is -0.368 e. The molecule has 4 aromatic rings. The summed E-state index contributed by atoms with van der Waals surface area (Å²) in [6.07, 6.45) is 1.61. The molecule has 0 saturated carbocycles. The third-order valence-electron chi connectivity index (χ3n) is 6.15. The van der Waals surface area contributed by atoms with Crippen LogP contribution in [0.1, 0.15) is 5.56 Å². The number of anilines is 2. The van der Waals surface area contributed by atoms with E-state index in [1.165, 1.54) is 12.1 Å². The lowest BCUT2D eigenvalue weighted by Gasteiger charge is -2.38. The summed E-state index contributed by atoms with van der Waals surface area (Å²) in [5, 5.41) is 0.891. The predicted octanol–water partition coefficient (Wildman–Crippen LogP) is 4.26. The Morgan fingerprint density at radius 1 is 0.848 bits per heavy atom. The van der Waals surface area contributed by atoms with Gasteiger partial charge in [-0.15, -0.1) is 0 Å². The lowest BCUT2D eigenvalue weighted by molar-refractivity contribution is -0.347. The minimum absolute atomic E-state index is 0.254. The second-order valence-corrected chi connectivity index (χ2v) is 10.2. The second kappa shape index (κ2) is 8.48. The van der Waals surface area contributed by atoms with Crippen LogP contribution in [0, 0.1) is 12.7 Å². The number of piperazine rings is 1. The van der Waals surface area contributed by atoms with Gasteiger partial charge < -0.3 is 9.80 Å². The molecule has 1 aliphatic heterocycles. The Morgan fingerprint density at radius 3 is 2.21 bits per heavy atom. The molecule has 1 aliphatic rings. The van der Waals surface area contributed by atoms with Crippen LogP contribution in [-0.4, -0.2) is 34.6 Å². The van der Waals surface area contributed by atoms with E-state index in [4.69, 9.17) is 0 Å². The van der Waals surface area contributed by atoms with Crippen molar-refractivity contribution in [3.05, 3.63) is 90.4 Å². The molecule has 0 spiro atoms.